The van der Waals surface area contributed by atoms with E-state index in [0.717, 1.165) is 48.8 Å². The first-order valence-electron chi connectivity index (χ1n) is 10.6. The van der Waals surface area contributed by atoms with Gasteiger partial charge in [0.25, 0.3) is 0 Å². The van der Waals surface area contributed by atoms with Crippen molar-refractivity contribution in [2.75, 3.05) is 6.54 Å². The summed E-state index contributed by atoms with van der Waals surface area (Å²) in [6.45, 7) is 0.910. The lowest BCUT2D eigenvalue weighted by molar-refractivity contribution is -0.0146. The minimum absolute atomic E-state index is 0.0365. The van der Waals surface area contributed by atoms with Gasteiger partial charge in [-0.1, -0.05) is 49.2 Å². The van der Waals surface area contributed by atoms with Gasteiger partial charge in [-0.3, -0.25) is 0 Å². The molecule has 2 aromatic carbocycles. The molecule has 2 aliphatic carbocycles. The lowest BCUT2D eigenvalue weighted by atomic mass is 9.52. The molecule has 1 saturated heterocycles. The van der Waals surface area contributed by atoms with Gasteiger partial charge in [0.1, 0.15) is 6.61 Å². The van der Waals surface area contributed by atoms with Gasteiger partial charge < -0.3 is 19.8 Å². The summed E-state index contributed by atoms with van der Waals surface area (Å²) in [6, 6.07) is 13.3. The number of phenolic OH excluding ortho intramolecular Hbond substituents is 2. The predicted molar refractivity (Wildman–Crippen MR) is 109 cm³/mol. The maximum atomic E-state index is 13.0. The number of fused-ring (bicyclic) bond motifs is 1. The van der Waals surface area contributed by atoms with E-state index in [9.17, 15) is 15.0 Å². The molecular weight excluding hydrogens is 366 g/mol. The second kappa shape index (κ2) is 6.97. The highest BCUT2D eigenvalue weighted by molar-refractivity contribution is 5.69. The third kappa shape index (κ3) is 2.86. The second-order valence-electron chi connectivity index (χ2n) is 8.73. The molecule has 1 saturated carbocycles. The fourth-order valence-corrected chi connectivity index (χ4v) is 6.13. The summed E-state index contributed by atoms with van der Waals surface area (Å²) in [6.07, 6.45) is 5.58. The van der Waals surface area contributed by atoms with E-state index in [0.29, 0.717) is 18.9 Å². The van der Waals surface area contributed by atoms with E-state index in [4.69, 9.17) is 4.74 Å². The Hall–Kier alpha value is -2.69. The molecule has 2 fully saturated rings. The van der Waals surface area contributed by atoms with E-state index in [-0.39, 0.29) is 35.7 Å². The van der Waals surface area contributed by atoms with Crippen LogP contribution in [0.1, 0.15) is 48.8 Å². The van der Waals surface area contributed by atoms with Gasteiger partial charge in [-0.2, -0.15) is 0 Å². The van der Waals surface area contributed by atoms with Gasteiger partial charge >= 0.3 is 6.09 Å². The lowest BCUT2D eigenvalue weighted by Crippen LogP contribution is -2.62. The monoisotopic (exact) mass is 393 g/mol. The molecule has 0 spiro atoms. The van der Waals surface area contributed by atoms with Crippen LogP contribution in [-0.4, -0.2) is 33.8 Å². The second-order valence-corrected chi connectivity index (χ2v) is 8.73. The number of amides is 1. The van der Waals surface area contributed by atoms with Gasteiger partial charge in [0.15, 0.2) is 11.5 Å². The molecule has 5 rings (SSSR count). The lowest BCUT2D eigenvalue weighted by Gasteiger charge is -2.58. The highest BCUT2D eigenvalue weighted by Crippen LogP contribution is 2.59. The number of nitrogens with zero attached hydrogens (tertiary/aromatic N) is 1. The Kier molecular flexibility index (Phi) is 4.41. The first-order chi connectivity index (χ1) is 14.1. The summed E-state index contributed by atoms with van der Waals surface area (Å²) in [5.41, 5.74) is 2.84. The summed E-state index contributed by atoms with van der Waals surface area (Å²) >= 11 is 0. The molecule has 152 valence electrons. The van der Waals surface area contributed by atoms with Crippen molar-refractivity contribution in [3.05, 3.63) is 59.2 Å². The average molecular weight is 393 g/mol. The molecule has 1 amide bonds. The van der Waals surface area contributed by atoms with Crippen LogP contribution in [0.3, 0.4) is 0 Å². The summed E-state index contributed by atoms with van der Waals surface area (Å²) < 4.78 is 5.66. The Morgan fingerprint density at radius 2 is 1.93 bits per heavy atom. The van der Waals surface area contributed by atoms with Crippen molar-refractivity contribution in [1.82, 2.24) is 4.90 Å². The van der Waals surface area contributed by atoms with E-state index in [1.54, 1.807) is 6.07 Å². The van der Waals surface area contributed by atoms with Crippen molar-refractivity contribution in [3.8, 4) is 11.5 Å². The highest BCUT2D eigenvalue weighted by Gasteiger charge is 2.56. The number of carbonyl (C=O) groups excluding carboxylic acids is 1. The fourth-order valence-electron chi connectivity index (χ4n) is 6.13. The molecule has 29 heavy (non-hydrogen) atoms. The molecule has 3 atom stereocenters. The molecule has 1 heterocycles. The first kappa shape index (κ1) is 18.3. The number of rotatable bonds is 2. The van der Waals surface area contributed by atoms with Gasteiger partial charge in [0.05, 0.1) is 0 Å². The predicted octanol–water partition coefficient (Wildman–Crippen LogP) is 4.49. The van der Waals surface area contributed by atoms with Crippen molar-refractivity contribution in [2.24, 2.45) is 5.92 Å². The molecule has 2 aromatic rings. The number of hydrogen-bond acceptors (Lipinski definition) is 4. The largest absolute Gasteiger partial charge is 0.504 e. The van der Waals surface area contributed by atoms with Crippen molar-refractivity contribution >= 4 is 6.09 Å². The minimum Gasteiger partial charge on any atom is -0.504 e. The maximum absolute atomic E-state index is 13.0. The van der Waals surface area contributed by atoms with Crippen molar-refractivity contribution in [1.29, 1.82) is 0 Å². The van der Waals surface area contributed by atoms with Gasteiger partial charge in [-0.05, 0) is 48.8 Å². The molecule has 5 nitrogen and oxygen atoms in total. The Labute approximate surface area is 170 Å². The zero-order valence-electron chi connectivity index (χ0n) is 16.5. The van der Waals surface area contributed by atoms with Crippen LogP contribution in [0.4, 0.5) is 4.79 Å². The highest BCUT2D eigenvalue weighted by atomic mass is 16.6. The zero-order valence-corrected chi connectivity index (χ0v) is 16.5. The van der Waals surface area contributed by atoms with Crippen LogP contribution >= 0.6 is 0 Å². The van der Waals surface area contributed by atoms with E-state index < -0.39 is 0 Å². The SMILES string of the molecule is O=C(OCc1ccccc1)N1CC[C@]23CCCC[C@H]2[C@H]1Cc1ccc(O)c(O)c13. The third-order valence-electron chi connectivity index (χ3n) is 7.37. The van der Waals surface area contributed by atoms with Gasteiger partial charge in [-0.25, -0.2) is 4.79 Å². The van der Waals surface area contributed by atoms with Crippen LogP contribution < -0.4 is 0 Å². The summed E-state index contributed by atoms with van der Waals surface area (Å²) in [5, 5.41) is 20.9. The van der Waals surface area contributed by atoms with E-state index in [1.807, 2.05) is 41.3 Å². The summed E-state index contributed by atoms with van der Waals surface area (Å²) in [5.74, 6) is 0.313. The Morgan fingerprint density at radius 3 is 2.76 bits per heavy atom. The number of aromatic hydroxyl groups is 2. The Balaban J connectivity index is 1.45. The quantitative estimate of drug-likeness (QED) is 0.738. The number of hydrogen-bond donors (Lipinski definition) is 2. The molecule has 0 radical (unpaired) electrons. The van der Waals surface area contributed by atoms with Gasteiger partial charge in [0.2, 0.25) is 0 Å². The summed E-state index contributed by atoms with van der Waals surface area (Å²) in [7, 11) is 0. The van der Waals surface area contributed by atoms with Crippen LogP contribution in [0, 0.1) is 5.92 Å². The molecule has 0 unspecified atom stereocenters. The van der Waals surface area contributed by atoms with Gasteiger partial charge in [-0.15, -0.1) is 0 Å². The molecule has 2 N–H and O–H groups in total. The third-order valence-corrected chi connectivity index (χ3v) is 7.37. The minimum atomic E-state index is -0.246. The van der Waals surface area contributed by atoms with Crippen LogP contribution in [-0.2, 0) is 23.2 Å². The van der Waals surface area contributed by atoms with Crippen molar-refractivity contribution < 1.29 is 19.7 Å². The Morgan fingerprint density at radius 1 is 1.10 bits per heavy atom. The number of likely N-dealkylation sites (tertiary alicyclic amines) is 1. The Bertz CT molecular complexity index is 928. The molecule has 0 aromatic heterocycles. The normalized spacial score (nSPS) is 27.7. The summed E-state index contributed by atoms with van der Waals surface area (Å²) in [4.78, 5) is 14.9. The van der Waals surface area contributed by atoms with Crippen LogP contribution in [0.2, 0.25) is 0 Å². The molecule has 2 bridgehead atoms. The van der Waals surface area contributed by atoms with E-state index >= 15 is 0 Å². The number of benzene rings is 2. The zero-order chi connectivity index (χ0) is 20.0. The molecule has 3 aliphatic rings. The number of ether oxygens (including phenoxy) is 1. The van der Waals surface area contributed by atoms with E-state index in [1.165, 1.54) is 0 Å². The fraction of sp³-hybridized carbons (Fsp3) is 0.458. The number of phenols is 2. The van der Waals surface area contributed by atoms with Crippen LogP contribution in [0.15, 0.2) is 42.5 Å². The van der Waals surface area contributed by atoms with Crippen molar-refractivity contribution in [3.63, 3.8) is 0 Å². The van der Waals surface area contributed by atoms with Gasteiger partial charge in [0, 0.05) is 23.6 Å². The van der Waals surface area contributed by atoms with Crippen LogP contribution in [0.5, 0.6) is 11.5 Å². The smallest absolute Gasteiger partial charge is 0.410 e. The van der Waals surface area contributed by atoms with Crippen LogP contribution in [0.25, 0.3) is 0 Å². The number of carbonyl (C=O) groups is 1. The molecule has 1 aliphatic heterocycles. The maximum Gasteiger partial charge on any atom is 0.410 e. The molecule has 5 heteroatoms. The van der Waals surface area contributed by atoms with Crippen molar-refractivity contribution in [2.45, 2.75) is 56.6 Å². The topological polar surface area (TPSA) is 70.0 Å². The first-order valence-corrected chi connectivity index (χ1v) is 10.6. The number of piperidine rings is 1. The van der Waals surface area contributed by atoms with E-state index in [2.05, 4.69) is 0 Å². The standard InChI is InChI=1S/C24H27NO4/c26-20-10-9-17-14-19-18-8-4-5-11-24(18,21(17)22(20)27)12-13-25(19)23(28)29-15-16-6-2-1-3-7-16/h1-3,6-7,9-10,18-19,26-27H,4-5,8,11-15H2/t18-,19+,24+/m0/s1. The average Bonchev–Trinajstić information content (AvgIpc) is 2.75. The molecular formula is C24H27NO4.